The fourth-order valence-corrected chi connectivity index (χ4v) is 13.0. The minimum atomic E-state index is -2.12. The fraction of sp³-hybridized carbons (Fsp3) is 0.736. The van der Waals surface area contributed by atoms with E-state index in [0.717, 1.165) is 33.3 Å². The molecule has 4 fully saturated rings. The van der Waals surface area contributed by atoms with Gasteiger partial charge in [0.2, 0.25) is 0 Å². The van der Waals surface area contributed by atoms with Crippen molar-refractivity contribution in [2.75, 3.05) is 6.61 Å². The molecule has 22 heteroatoms. The van der Waals surface area contributed by atoms with Gasteiger partial charge in [-0.15, -0.1) is 5.10 Å². The smallest absolute Gasteiger partial charge is 0.306 e. The summed E-state index contributed by atoms with van der Waals surface area (Å²) in [7, 11) is 0. The van der Waals surface area contributed by atoms with Crippen molar-refractivity contribution in [3.8, 4) is 0 Å². The Morgan fingerprint density at radius 1 is 0.800 bits per heavy atom. The molecule has 1 saturated heterocycles. The SMILES string of the molecule is CC(=O)OC[C@H]1O[C@@H](OCc2cn(CCCC(=O)O[C@H]3C[C@@H]4C(=CC[C@@H]5[C@@]4(C)C(=O)C[C@]4(C)[C@@H]([C@@](C)(O)C(=O)CCC(C)(C)OC(C)=O)C(=O)C[C@@]54C)C(C)(C)C3=O)nn2)[C@H](OC(C)=O)[C@@H](OC(C)=O)[C@@H]1OC(C)=O. The maximum Gasteiger partial charge on any atom is 0.306 e. The van der Waals surface area contributed by atoms with Crippen LogP contribution in [0.25, 0.3) is 0 Å². The molecule has 1 aromatic rings. The summed E-state index contributed by atoms with van der Waals surface area (Å²) in [4.78, 5) is 131. The minimum absolute atomic E-state index is 0.0172. The molecule has 13 atom stereocenters. The van der Waals surface area contributed by atoms with Gasteiger partial charge in [0.1, 0.15) is 41.2 Å². The van der Waals surface area contributed by atoms with Gasteiger partial charge in [-0.05, 0) is 83.0 Å². The van der Waals surface area contributed by atoms with Gasteiger partial charge in [0, 0.05) is 77.7 Å². The number of aryl methyl sites for hydroxylation is 1. The van der Waals surface area contributed by atoms with Gasteiger partial charge in [-0.3, -0.25) is 52.6 Å². The average molecular weight is 1060 g/mol. The predicted molar refractivity (Wildman–Crippen MR) is 257 cm³/mol. The van der Waals surface area contributed by atoms with Gasteiger partial charge in [-0.2, -0.15) is 0 Å². The highest BCUT2D eigenvalue weighted by atomic mass is 16.7. The minimum Gasteiger partial charge on any atom is -0.463 e. The second-order valence-corrected chi connectivity index (χ2v) is 22.9. The van der Waals surface area contributed by atoms with Crippen LogP contribution in [0.15, 0.2) is 17.8 Å². The van der Waals surface area contributed by atoms with Gasteiger partial charge >= 0.3 is 35.8 Å². The molecule has 0 radical (unpaired) electrons. The van der Waals surface area contributed by atoms with Crippen LogP contribution in [-0.4, -0.2) is 134 Å². The molecule has 0 aromatic carbocycles. The summed E-state index contributed by atoms with van der Waals surface area (Å²) in [5, 5.41) is 20.3. The number of allylic oxidation sites excluding steroid dienone is 2. The molecular weight excluding hydrogens is 983 g/mol. The molecule has 4 aliphatic carbocycles. The van der Waals surface area contributed by atoms with Crippen LogP contribution in [0.2, 0.25) is 0 Å². The van der Waals surface area contributed by atoms with Crippen molar-refractivity contribution in [3.05, 3.63) is 23.5 Å². The van der Waals surface area contributed by atoms with Crippen molar-refractivity contribution >= 4 is 58.9 Å². The monoisotopic (exact) mass is 1060 g/mol. The van der Waals surface area contributed by atoms with Crippen molar-refractivity contribution in [1.82, 2.24) is 15.0 Å². The van der Waals surface area contributed by atoms with E-state index in [0.29, 0.717) is 6.42 Å². The van der Waals surface area contributed by atoms with Gasteiger partial charge in [0.15, 0.2) is 42.3 Å². The standard InChI is InChI=1S/C53H73N3O19/c1-27(57)68-26-37-42(70-28(2)58)43(71-29(3)59)44(72-30(4)60)47(74-37)69-25-32-24-56(55-54-32)20-14-15-41(65)73-36-21-34-33(49(8,9)46(36)66)16-17-38-50(10)22-35(62)45(51(50,11)23-40(64)52(34,38)12)53(13,67)39(63)18-19-48(6,7)75-31(5)61/h16,24,34,36-38,42-45,47,67H,14-15,17-23,25-26H2,1-13H3/t34-,36+,37-,38+,42-,43+,44-,45+,47-,50+,51-,52+,53+/m1/s1. The van der Waals surface area contributed by atoms with Gasteiger partial charge in [-0.1, -0.05) is 37.6 Å². The van der Waals surface area contributed by atoms with Gasteiger partial charge < -0.3 is 43.0 Å². The van der Waals surface area contributed by atoms with E-state index in [1.54, 1.807) is 27.7 Å². The molecule has 1 aromatic heterocycles. The van der Waals surface area contributed by atoms with E-state index >= 15 is 0 Å². The Morgan fingerprint density at radius 2 is 1.43 bits per heavy atom. The molecule has 1 N–H and O–H groups in total. The first-order valence-electron chi connectivity index (χ1n) is 25.5. The molecule has 5 aliphatic rings. The van der Waals surface area contributed by atoms with Gasteiger partial charge in [0.05, 0.1) is 18.7 Å². The Bertz CT molecular complexity index is 2510. The normalized spacial score (nSPS) is 32.8. The van der Waals surface area contributed by atoms with E-state index in [4.69, 9.17) is 37.9 Å². The van der Waals surface area contributed by atoms with Crippen molar-refractivity contribution in [3.63, 3.8) is 0 Å². The maximum atomic E-state index is 15.0. The highest BCUT2D eigenvalue weighted by molar-refractivity contribution is 6.00. The van der Waals surface area contributed by atoms with Crippen LogP contribution in [0.3, 0.4) is 0 Å². The summed E-state index contributed by atoms with van der Waals surface area (Å²) in [6.45, 7) is 19.0. The first-order valence-corrected chi connectivity index (χ1v) is 25.5. The van der Waals surface area contributed by atoms with Gasteiger partial charge in [-0.25, -0.2) is 0 Å². The van der Waals surface area contributed by atoms with E-state index in [2.05, 4.69) is 10.3 Å². The number of fused-ring (bicyclic) bond motifs is 5. The average Bonchev–Trinajstić information content (AvgIpc) is 3.82. The number of carbonyl (C=O) groups excluding carboxylic acids is 10. The predicted octanol–water partition coefficient (Wildman–Crippen LogP) is 4.15. The Kier molecular flexibility index (Phi) is 16.9. The molecule has 0 spiro atoms. The van der Waals surface area contributed by atoms with Gasteiger partial charge in [0.25, 0.3) is 0 Å². The number of hydrogen-bond acceptors (Lipinski definition) is 21. The number of aromatic nitrogens is 3. The summed E-state index contributed by atoms with van der Waals surface area (Å²) < 4.78 is 46.1. The highest BCUT2D eigenvalue weighted by Crippen LogP contribution is 2.73. The quantitative estimate of drug-likeness (QED) is 0.116. The number of esters is 6. The molecular formula is C53H73N3O19. The molecule has 414 valence electrons. The zero-order chi connectivity index (χ0) is 56.0. The van der Waals surface area contributed by atoms with Crippen molar-refractivity contribution < 1.29 is 90.9 Å². The van der Waals surface area contributed by atoms with E-state index in [-0.39, 0.29) is 81.1 Å². The third kappa shape index (κ3) is 11.7. The molecule has 0 bridgehead atoms. The molecule has 22 nitrogen and oxygen atoms in total. The Hall–Kier alpha value is -5.74. The van der Waals surface area contributed by atoms with Crippen LogP contribution in [0.5, 0.6) is 0 Å². The van der Waals surface area contributed by atoms with E-state index in [1.165, 1.54) is 24.7 Å². The van der Waals surface area contributed by atoms with Crippen molar-refractivity contribution in [2.24, 2.45) is 39.4 Å². The first-order chi connectivity index (χ1) is 34.7. The number of ether oxygens (including phenoxy) is 8. The lowest BCUT2D eigenvalue weighted by atomic mass is 9.38. The van der Waals surface area contributed by atoms with Crippen molar-refractivity contribution in [1.29, 1.82) is 0 Å². The number of Topliss-reactive ketones (excluding diaryl/α,β-unsaturated/α-hetero) is 4. The zero-order valence-electron chi connectivity index (χ0n) is 45.3. The Balaban J connectivity index is 1.11. The number of aliphatic hydroxyl groups is 1. The molecule has 75 heavy (non-hydrogen) atoms. The lowest BCUT2D eigenvalue weighted by Gasteiger charge is -2.64. The number of hydrogen-bond donors (Lipinski definition) is 1. The zero-order valence-corrected chi connectivity index (χ0v) is 45.3. The highest BCUT2D eigenvalue weighted by Gasteiger charge is 2.75. The second-order valence-electron chi connectivity index (χ2n) is 22.9. The lowest BCUT2D eigenvalue weighted by Crippen LogP contribution is -2.65. The molecule has 1 aliphatic heterocycles. The van der Waals surface area contributed by atoms with E-state index in [1.807, 2.05) is 26.8 Å². The summed E-state index contributed by atoms with van der Waals surface area (Å²) in [6, 6.07) is 0. The molecule has 0 unspecified atom stereocenters. The summed E-state index contributed by atoms with van der Waals surface area (Å²) in [5.41, 5.74) is -6.26. The third-order valence-corrected chi connectivity index (χ3v) is 16.7. The summed E-state index contributed by atoms with van der Waals surface area (Å²) >= 11 is 0. The maximum absolute atomic E-state index is 15.0. The summed E-state index contributed by atoms with van der Waals surface area (Å²) in [6.07, 6.45) is -4.20. The largest absolute Gasteiger partial charge is 0.463 e. The van der Waals surface area contributed by atoms with Crippen LogP contribution in [0.4, 0.5) is 0 Å². The van der Waals surface area contributed by atoms with E-state index < -0.39 is 136 Å². The first kappa shape index (κ1) is 58.5. The molecule has 6 rings (SSSR count). The lowest BCUT2D eigenvalue weighted by molar-refractivity contribution is -0.310. The van der Waals surface area contributed by atoms with Crippen LogP contribution < -0.4 is 0 Å². The summed E-state index contributed by atoms with van der Waals surface area (Å²) in [5.74, 6) is -7.74. The fourth-order valence-electron chi connectivity index (χ4n) is 13.0. The van der Waals surface area contributed by atoms with Crippen LogP contribution in [-0.2, 0) is 99.0 Å². The van der Waals surface area contributed by atoms with E-state index in [9.17, 15) is 53.1 Å². The van der Waals surface area contributed by atoms with Crippen LogP contribution in [0.1, 0.15) is 147 Å². The number of carbonyl (C=O) groups is 10. The number of ketones is 4. The number of nitrogens with zero attached hydrogens (tertiary/aromatic N) is 3. The molecule has 3 saturated carbocycles. The number of rotatable bonds is 19. The third-order valence-electron chi connectivity index (χ3n) is 16.7. The molecule has 0 amide bonds. The molecule has 2 heterocycles. The second kappa shape index (κ2) is 21.7. The Labute approximate surface area is 435 Å². The van der Waals surface area contributed by atoms with Crippen LogP contribution >= 0.6 is 0 Å². The van der Waals surface area contributed by atoms with Crippen LogP contribution in [0, 0.1) is 39.4 Å². The Morgan fingerprint density at radius 3 is 2.04 bits per heavy atom. The topological polar surface area (TPSA) is 295 Å². The van der Waals surface area contributed by atoms with Crippen molar-refractivity contribution in [2.45, 2.75) is 203 Å².